The molecule has 0 saturated carbocycles. The van der Waals surface area contributed by atoms with Gasteiger partial charge in [-0.25, -0.2) is 4.98 Å². The number of carbonyl (C=O) groups is 2. The van der Waals surface area contributed by atoms with E-state index in [9.17, 15) is 9.59 Å². The summed E-state index contributed by atoms with van der Waals surface area (Å²) in [5.41, 5.74) is 1.95. The summed E-state index contributed by atoms with van der Waals surface area (Å²) in [5, 5.41) is 3.93. The van der Waals surface area contributed by atoms with Crippen molar-refractivity contribution in [2.24, 2.45) is 0 Å². The average molecular weight is 372 g/mol. The third-order valence-electron chi connectivity index (χ3n) is 3.95. The molecule has 3 heterocycles. The highest BCUT2D eigenvalue weighted by Crippen LogP contribution is 2.18. The number of halogens is 1. The highest BCUT2D eigenvalue weighted by molar-refractivity contribution is 6.30. The molecule has 0 spiro atoms. The van der Waals surface area contributed by atoms with Gasteiger partial charge in [0.25, 0.3) is 5.91 Å². The van der Waals surface area contributed by atoms with E-state index in [0.29, 0.717) is 22.8 Å². The van der Waals surface area contributed by atoms with E-state index in [-0.39, 0.29) is 11.8 Å². The van der Waals surface area contributed by atoms with Gasteiger partial charge in [-0.3, -0.25) is 14.6 Å². The number of hydrogen-bond acceptors (Lipinski definition) is 4. The van der Waals surface area contributed by atoms with E-state index >= 15 is 0 Å². The quantitative estimate of drug-likeness (QED) is 0.671. The van der Waals surface area contributed by atoms with Gasteiger partial charge in [0, 0.05) is 38.3 Å². The van der Waals surface area contributed by atoms with Crippen LogP contribution in [0.25, 0.3) is 10.9 Å². The Morgan fingerprint density at radius 1 is 1.27 bits per heavy atom. The number of aromatic nitrogens is 3. The van der Waals surface area contributed by atoms with Gasteiger partial charge in [0.2, 0.25) is 5.91 Å². The van der Waals surface area contributed by atoms with Crippen LogP contribution in [0.15, 0.2) is 42.9 Å². The molecule has 3 aromatic rings. The molecule has 0 aliphatic carbocycles. The standard InChI is InChI=1S/C18H18ClN5O2/c1-24(2)18(26)14(7-11-3-5-20-6-4-11)23-17(25)13-8-12-9-16(19)21-10-15(12)22-13/h3-6,8-10,14,22H,7H2,1-2H3,(H,23,25)/t14-/m0/s1. The number of pyridine rings is 2. The number of carbonyl (C=O) groups excluding carboxylic acids is 2. The zero-order chi connectivity index (χ0) is 18.7. The Morgan fingerprint density at radius 3 is 2.69 bits per heavy atom. The summed E-state index contributed by atoms with van der Waals surface area (Å²) in [6.07, 6.45) is 5.25. The summed E-state index contributed by atoms with van der Waals surface area (Å²) in [7, 11) is 3.31. The number of aromatic amines is 1. The first kappa shape index (κ1) is 17.9. The summed E-state index contributed by atoms with van der Waals surface area (Å²) < 4.78 is 0. The lowest BCUT2D eigenvalue weighted by Crippen LogP contribution is -2.47. The van der Waals surface area contributed by atoms with Gasteiger partial charge in [0.1, 0.15) is 16.9 Å². The fourth-order valence-corrected chi connectivity index (χ4v) is 2.80. The molecular formula is C18H18ClN5O2. The number of nitrogens with one attached hydrogen (secondary N) is 2. The molecule has 0 aliphatic rings. The molecule has 0 saturated heterocycles. The lowest BCUT2D eigenvalue weighted by Gasteiger charge is -2.21. The molecule has 0 aliphatic heterocycles. The van der Waals surface area contributed by atoms with Gasteiger partial charge in [0.15, 0.2) is 0 Å². The molecule has 1 atom stereocenters. The normalized spacial score (nSPS) is 12.0. The predicted octanol–water partition coefficient (Wildman–Crippen LogP) is 2.04. The van der Waals surface area contributed by atoms with Crippen LogP contribution in [0.4, 0.5) is 0 Å². The maximum Gasteiger partial charge on any atom is 0.268 e. The van der Waals surface area contributed by atoms with Crippen LogP contribution in [0, 0.1) is 0 Å². The third-order valence-corrected chi connectivity index (χ3v) is 4.16. The van der Waals surface area contributed by atoms with Gasteiger partial charge < -0.3 is 15.2 Å². The molecule has 8 heteroatoms. The lowest BCUT2D eigenvalue weighted by atomic mass is 10.1. The van der Waals surface area contributed by atoms with Crippen molar-refractivity contribution in [2.45, 2.75) is 12.5 Å². The maximum absolute atomic E-state index is 12.6. The number of rotatable bonds is 5. The highest BCUT2D eigenvalue weighted by atomic mass is 35.5. The second kappa shape index (κ2) is 7.53. The Labute approximate surface area is 155 Å². The van der Waals surface area contributed by atoms with Crippen LogP contribution in [0.3, 0.4) is 0 Å². The number of nitrogens with zero attached hydrogens (tertiary/aromatic N) is 3. The first-order chi connectivity index (χ1) is 12.4. The molecule has 0 unspecified atom stereocenters. The second-order valence-corrected chi connectivity index (χ2v) is 6.48. The minimum Gasteiger partial charge on any atom is -0.349 e. The van der Waals surface area contributed by atoms with Crippen molar-refractivity contribution in [1.29, 1.82) is 0 Å². The van der Waals surface area contributed by atoms with Crippen molar-refractivity contribution < 1.29 is 9.59 Å². The fourth-order valence-electron chi connectivity index (χ4n) is 2.63. The monoisotopic (exact) mass is 371 g/mol. The fraction of sp³-hybridized carbons (Fsp3) is 0.222. The van der Waals surface area contributed by atoms with Crippen molar-refractivity contribution in [3.05, 3.63) is 59.3 Å². The average Bonchev–Trinajstić information content (AvgIpc) is 3.04. The topological polar surface area (TPSA) is 91.0 Å². The van der Waals surface area contributed by atoms with Gasteiger partial charge in [-0.1, -0.05) is 11.6 Å². The van der Waals surface area contributed by atoms with Crippen molar-refractivity contribution in [2.75, 3.05) is 14.1 Å². The second-order valence-electron chi connectivity index (χ2n) is 6.10. The Hall–Kier alpha value is -2.93. The Balaban J connectivity index is 1.82. The van der Waals surface area contributed by atoms with Crippen LogP contribution in [-0.2, 0) is 11.2 Å². The minimum absolute atomic E-state index is 0.184. The molecule has 2 N–H and O–H groups in total. The van der Waals surface area contributed by atoms with E-state index in [0.717, 1.165) is 10.9 Å². The number of likely N-dealkylation sites (N-methyl/N-ethyl adjacent to an activating group) is 1. The largest absolute Gasteiger partial charge is 0.349 e. The lowest BCUT2D eigenvalue weighted by molar-refractivity contribution is -0.130. The SMILES string of the molecule is CN(C)C(=O)[C@H](Cc1ccncc1)NC(=O)c1cc2cc(Cl)ncc2[nH]1. The zero-order valence-corrected chi connectivity index (χ0v) is 15.1. The minimum atomic E-state index is -0.687. The molecule has 7 nitrogen and oxygen atoms in total. The summed E-state index contributed by atoms with van der Waals surface area (Å²) in [6, 6.07) is 6.30. The van der Waals surface area contributed by atoms with E-state index < -0.39 is 6.04 Å². The molecule has 26 heavy (non-hydrogen) atoms. The van der Waals surface area contributed by atoms with Gasteiger partial charge in [-0.2, -0.15) is 0 Å². The van der Waals surface area contributed by atoms with E-state index in [4.69, 9.17) is 11.6 Å². The van der Waals surface area contributed by atoms with Gasteiger partial charge in [0.05, 0.1) is 11.7 Å². The van der Waals surface area contributed by atoms with E-state index in [1.165, 1.54) is 4.90 Å². The number of amides is 2. The van der Waals surface area contributed by atoms with Crippen molar-refractivity contribution in [3.8, 4) is 0 Å². The smallest absolute Gasteiger partial charge is 0.268 e. The molecule has 3 aromatic heterocycles. The molecular weight excluding hydrogens is 354 g/mol. The summed E-state index contributed by atoms with van der Waals surface area (Å²) >= 11 is 5.88. The Morgan fingerprint density at radius 2 is 2.00 bits per heavy atom. The Bertz CT molecular complexity index is 939. The number of H-pyrrole nitrogens is 1. The van der Waals surface area contributed by atoms with Gasteiger partial charge in [-0.15, -0.1) is 0 Å². The molecule has 3 rings (SSSR count). The first-order valence-electron chi connectivity index (χ1n) is 7.99. The number of hydrogen-bond donors (Lipinski definition) is 2. The molecule has 0 fully saturated rings. The van der Waals surface area contributed by atoms with Crippen molar-refractivity contribution in [1.82, 2.24) is 25.2 Å². The van der Waals surface area contributed by atoms with Crippen LogP contribution in [0.2, 0.25) is 5.15 Å². The van der Waals surface area contributed by atoms with Crippen LogP contribution in [-0.4, -0.2) is 51.8 Å². The van der Waals surface area contributed by atoms with E-state index in [2.05, 4.69) is 20.3 Å². The molecule has 134 valence electrons. The maximum atomic E-state index is 12.6. The highest BCUT2D eigenvalue weighted by Gasteiger charge is 2.24. The first-order valence-corrected chi connectivity index (χ1v) is 8.37. The number of fused-ring (bicyclic) bond motifs is 1. The Kier molecular flexibility index (Phi) is 5.18. The zero-order valence-electron chi connectivity index (χ0n) is 14.4. The van der Waals surface area contributed by atoms with Crippen LogP contribution in [0.1, 0.15) is 16.1 Å². The molecule has 2 amide bonds. The summed E-state index contributed by atoms with van der Waals surface area (Å²) in [6.45, 7) is 0. The van der Waals surface area contributed by atoms with Gasteiger partial charge >= 0.3 is 0 Å². The van der Waals surface area contributed by atoms with Crippen LogP contribution < -0.4 is 5.32 Å². The predicted molar refractivity (Wildman–Crippen MR) is 99.0 cm³/mol. The van der Waals surface area contributed by atoms with Crippen LogP contribution >= 0.6 is 11.6 Å². The van der Waals surface area contributed by atoms with Crippen molar-refractivity contribution >= 4 is 34.3 Å². The van der Waals surface area contributed by atoms with E-state index in [1.807, 2.05) is 12.1 Å². The summed E-state index contributed by atoms with van der Waals surface area (Å²) in [5.74, 6) is -0.553. The third kappa shape index (κ3) is 4.00. The van der Waals surface area contributed by atoms with Gasteiger partial charge in [-0.05, 0) is 29.8 Å². The van der Waals surface area contributed by atoms with Crippen molar-refractivity contribution in [3.63, 3.8) is 0 Å². The molecule has 0 radical (unpaired) electrons. The van der Waals surface area contributed by atoms with Crippen LogP contribution in [0.5, 0.6) is 0 Å². The van der Waals surface area contributed by atoms with E-state index in [1.54, 1.807) is 44.8 Å². The molecule has 0 bridgehead atoms. The summed E-state index contributed by atoms with van der Waals surface area (Å²) in [4.78, 5) is 37.5. The molecule has 0 aromatic carbocycles.